The van der Waals surface area contributed by atoms with Gasteiger partial charge in [-0.15, -0.1) is 5.54 Å². The summed E-state index contributed by atoms with van der Waals surface area (Å²) in [5, 5.41) is 1.25. The van der Waals surface area contributed by atoms with Gasteiger partial charge in [0.25, 0.3) is 0 Å². The van der Waals surface area contributed by atoms with E-state index in [4.69, 9.17) is 0 Å². The number of hydrogen-bond donors (Lipinski definition) is 0. The van der Waals surface area contributed by atoms with Gasteiger partial charge < -0.3 is 0 Å². The van der Waals surface area contributed by atoms with Crippen LogP contribution in [0, 0.1) is 11.5 Å². The first kappa shape index (κ1) is 13.2. The second-order valence-corrected chi connectivity index (χ2v) is 15.9. The first-order valence-electron chi connectivity index (χ1n) is 5.69. The molecule has 0 saturated carbocycles. The molecule has 1 nitrogen and oxygen atoms in total. The number of hydrogen-bond acceptors (Lipinski definition) is 1. The summed E-state index contributed by atoms with van der Waals surface area (Å²) in [5.41, 5.74) is 4.29. The van der Waals surface area contributed by atoms with E-state index in [1.807, 2.05) is 6.07 Å². The van der Waals surface area contributed by atoms with Crippen molar-refractivity contribution in [3.8, 4) is 11.5 Å². The Balaban J connectivity index is 3.04. The molecular formula is C13H21NSi2. The van der Waals surface area contributed by atoms with Crippen molar-refractivity contribution in [3.63, 3.8) is 0 Å². The normalized spacial score (nSPS) is 11.9. The predicted molar refractivity (Wildman–Crippen MR) is 77.4 cm³/mol. The molecule has 86 valence electrons. The highest BCUT2D eigenvalue weighted by Gasteiger charge is 2.17. The lowest BCUT2D eigenvalue weighted by Gasteiger charge is -2.14. The summed E-state index contributed by atoms with van der Waals surface area (Å²) >= 11 is 0. The Morgan fingerprint density at radius 2 is 1.62 bits per heavy atom. The van der Waals surface area contributed by atoms with Gasteiger partial charge in [-0.1, -0.05) is 51.3 Å². The second kappa shape index (κ2) is 4.56. The van der Waals surface area contributed by atoms with Crippen LogP contribution < -0.4 is 5.32 Å². The van der Waals surface area contributed by atoms with E-state index in [1.165, 1.54) is 5.32 Å². The molecule has 0 spiro atoms. The summed E-state index contributed by atoms with van der Waals surface area (Å²) in [5.74, 6) is 3.22. The van der Waals surface area contributed by atoms with Crippen molar-refractivity contribution >= 4 is 21.5 Å². The highest BCUT2D eigenvalue weighted by Crippen LogP contribution is 2.02. The molecule has 0 radical (unpaired) electrons. The zero-order valence-corrected chi connectivity index (χ0v) is 13.2. The van der Waals surface area contributed by atoms with Gasteiger partial charge in [0.05, 0.1) is 0 Å². The smallest absolute Gasteiger partial charge is 0.129 e. The summed E-state index contributed by atoms with van der Waals surface area (Å²) in [6.07, 6.45) is 0. The van der Waals surface area contributed by atoms with Gasteiger partial charge in [0.15, 0.2) is 0 Å². The molecule has 0 fully saturated rings. The van der Waals surface area contributed by atoms with Gasteiger partial charge in [0.2, 0.25) is 0 Å². The van der Waals surface area contributed by atoms with Crippen molar-refractivity contribution in [2.24, 2.45) is 0 Å². The second-order valence-electron chi connectivity index (χ2n) is 6.16. The van der Waals surface area contributed by atoms with Crippen LogP contribution in [-0.4, -0.2) is 21.1 Å². The minimum absolute atomic E-state index is 0.933. The number of nitrogens with zero attached hydrogens (tertiary/aromatic N) is 1. The molecule has 0 aliphatic rings. The Morgan fingerprint density at radius 3 is 2.12 bits per heavy atom. The van der Waals surface area contributed by atoms with Crippen LogP contribution in [0.1, 0.15) is 5.69 Å². The van der Waals surface area contributed by atoms with Crippen molar-refractivity contribution in [2.75, 3.05) is 0 Å². The molecule has 0 aliphatic heterocycles. The maximum absolute atomic E-state index is 4.66. The minimum atomic E-state index is -1.31. The lowest BCUT2D eigenvalue weighted by Crippen LogP contribution is -2.40. The largest absolute Gasteiger partial charge is 0.249 e. The van der Waals surface area contributed by atoms with E-state index in [2.05, 4.69) is 67.9 Å². The van der Waals surface area contributed by atoms with Crippen LogP contribution in [0.25, 0.3) is 0 Å². The van der Waals surface area contributed by atoms with Crippen LogP contribution in [0.2, 0.25) is 39.3 Å². The summed E-state index contributed by atoms with van der Waals surface area (Å²) < 4.78 is 0. The zero-order chi connectivity index (χ0) is 12.4. The molecule has 1 rings (SSSR count). The van der Waals surface area contributed by atoms with Gasteiger partial charge in [-0.25, -0.2) is 4.98 Å². The molecule has 1 aromatic heterocycles. The molecule has 0 aromatic carbocycles. The first-order valence-corrected chi connectivity index (χ1v) is 12.7. The van der Waals surface area contributed by atoms with E-state index in [9.17, 15) is 0 Å². The van der Waals surface area contributed by atoms with E-state index < -0.39 is 16.1 Å². The molecule has 0 bridgehead atoms. The van der Waals surface area contributed by atoms with Gasteiger partial charge in [-0.05, 0) is 12.1 Å². The summed E-state index contributed by atoms with van der Waals surface area (Å²) in [4.78, 5) is 4.66. The van der Waals surface area contributed by atoms with Gasteiger partial charge >= 0.3 is 0 Å². The highest BCUT2D eigenvalue weighted by molar-refractivity contribution is 6.88. The molecule has 1 heterocycles. The average molecular weight is 247 g/mol. The summed E-state index contributed by atoms with van der Waals surface area (Å²) in [6.45, 7) is 13.7. The van der Waals surface area contributed by atoms with Crippen LogP contribution in [0.15, 0.2) is 18.2 Å². The molecule has 0 saturated heterocycles. The zero-order valence-electron chi connectivity index (χ0n) is 11.2. The monoisotopic (exact) mass is 247 g/mol. The summed E-state index contributed by atoms with van der Waals surface area (Å²) in [6, 6.07) is 6.22. The quantitative estimate of drug-likeness (QED) is 0.549. The Labute approximate surface area is 101 Å². The van der Waals surface area contributed by atoms with Gasteiger partial charge in [-0.2, -0.15) is 0 Å². The van der Waals surface area contributed by atoms with Gasteiger partial charge in [0.1, 0.15) is 21.8 Å². The fraction of sp³-hybridized carbons (Fsp3) is 0.462. The van der Waals surface area contributed by atoms with E-state index >= 15 is 0 Å². The van der Waals surface area contributed by atoms with Crippen LogP contribution in [-0.2, 0) is 0 Å². The van der Waals surface area contributed by atoms with E-state index in [0.717, 1.165) is 5.69 Å². The topological polar surface area (TPSA) is 12.9 Å². The molecule has 3 heteroatoms. The molecule has 0 atom stereocenters. The minimum Gasteiger partial charge on any atom is -0.249 e. The SMILES string of the molecule is C[Si](C)(C)C#Cc1cccc([Si](C)(C)C)n1. The maximum atomic E-state index is 4.66. The molecule has 1 aromatic rings. The third-order valence-corrected chi connectivity index (χ3v) is 4.77. The van der Waals surface area contributed by atoms with Crippen molar-refractivity contribution in [1.82, 2.24) is 4.98 Å². The van der Waals surface area contributed by atoms with Gasteiger partial charge in [0, 0.05) is 5.32 Å². The fourth-order valence-electron chi connectivity index (χ4n) is 1.17. The van der Waals surface area contributed by atoms with Crippen LogP contribution in [0.3, 0.4) is 0 Å². The van der Waals surface area contributed by atoms with E-state index in [0.29, 0.717) is 0 Å². The van der Waals surface area contributed by atoms with Crippen LogP contribution >= 0.6 is 0 Å². The lowest BCUT2D eigenvalue weighted by molar-refractivity contribution is 1.32. The third-order valence-electron chi connectivity index (χ3n) is 2.08. The Hall–Kier alpha value is -0.856. The summed E-state index contributed by atoms with van der Waals surface area (Å²) in [7, 11) is -2.60. The van der Waals surface area contributed by atoms with Gasteiger partial charge in [-0.3, -0.25) is 0 Å². The van der Waals surface area contributed by atoms with Crippen LogP contribution in [0.5, 0.6) is 0 Å². The number of rotatable bonds is 1. The standard InChI is InChI=1S/C13H21NSi2/c1-15(2,3)11-10-12-8-7-9-13(14-12)16(4,5)6/h7-9H,1-6H3. The Kier molecular flexibility index (Phi) is 3.77. The Morgan fingerprint density at radius 1 is 1.00 bits per heavy atom. The third kappa shape index (κ3) is 4.34. The molecule has 0 aliphatic carbocycles. The molecule has 0 N–H and O–H groups in total. The van der Waals surface area contributed by atoms with E-state index in [1.54, 1.807) is 0 Å². The number of pyridine rings is 1. The molecular weight excluding hydrogens is 226 g/mol. The Bertz CT molecular complexity index is 428. The molecule has 0 amide bonds. The van der Waals surface area contributed by atoms with Crippen molar-refractivity contribution in [2.45, 2.75) is 39.3 Å². The fourth-order valence-corrected chi connectivity index (χ4v) is 2.73. The highest BCUT2D eigenvalue weighted by atomic mass is 28.3. The van der Waals surface area contributed by atoms with Crippen molar-refractivity contribution in [3.05, 3.63) is 23.9 Å². The van der Waals surface area contributed by atoms with E-state index in [-0.39, 0.29) is 0 Å². The maximum Gasteiger partial charge on any atom is 0.129 e. The molecule has 16 heavy (non-hydrogen) atoms. The lowest BCUT2D eigenvalue weighted by atomic mass is 10.4. The van der Waals surface area contributed by atoms with Crippen LogP contribution in [0.4, 0.5) is 0 Å². The number of aromatic nitrogens is 1. The first-order chi connectivity index (χ1) is 7.18. The van der Waals surface area contributed by atoms with Crippen molar-refractivity contribution in [1.29, 1.82) is 0 Å². The van der Waals surface area contributed by atoms with Crippen molar-refractivity contribution < 1.29 is 0 Å². The average Bonchev–Trinajstić information content (AvgIpc) is 2.13. The molecule has 0 unspecified atom stereocenters. The predicted octanol–water partition coefficient (Wildman–Crippen LogP) is 2.86.